The number of carbonyl (C=O) groups excluding carboxylic acids is 1. The zero-order valence-electron chi connectivity index (χ0n) is 26.0. The Morgan fingerprint density at radius 1 is 1.15 bits per heavy atom. The molecule has 1 aliphatic heterocycles. The molecule has 8 heteroatoms. The molecule has 7 nitrogen and oxygen atoms in total. The normalized spacial score (nSPS) is 28.2. The van der Waals surface area contributed by atoms with Crippen molar-refractivity contribution in [3.05, 3.63) is 0 Å². The minimum absolute atomic E-state index is 0.00422. The quantitative estimate of drug-likeness (QED) is 0.0855. The maximum atomic E-state index is 13.7. The molecular formula is C32H60ClN5O2. The molecule has 1 heterocycles. The van der Waals surface area contributed by atoms with Gasteiger partial charge in [-0.3, -0.25) is 10.2 Å². The van der Waals surface area contributed by atoms with Gasteiger partial charge in [-0.05, 0) is 82.1 Å². The lowest BCUT2D eigenvalue weighted by molar-refractivity contribution is -0.134. The summed E-state index contributed by atoms with van der Waals surface area (Å²) in [6.07, 6.45) is 18.5. The van der Waals surface area contributed by atoms with Crippen molar-refractivity contribution in [2.75, 3.05) is 26.7 Å². The first-order valence-electron chi connectivity index (χ1n) is 16.5. The summed E-state index contributed by atoms with van der Waals surface area (Å²) in [5, 5.41) is 18.5. The van der Waals surface area contributed by atoms with E-state index in [4.69, 9.17) is 27.5 Å². The maximum Gasteiger partial charge on any atom is 0.232 e. The lowest BCUT2D eigenvalue weighted by Crippen LogP contribution is -2.67. The van der Waals surface area contributed by atoms with E-state index in [2.05, 4.69) is 29.8 Å². The second kappa shape index (κ2) is 16.1. The zero-order chi connectivity index (χ0) is 29.2. The second-order valence-electron chi connectivity index (χ2n) is 13.2. The Kier molecular flexibility index (Phi) is 13.5. The summed E-state index contributed by atoms with van der Waals surface area (Å²) in [5.41, 5.74) is 6.12. The van der Waals surface area contributed by atoms with Crippen LogP contribution in [0.3, 0.4) is 0 Å². The van der Waals surface area contributed by atoms with Gasteiger partial charge in [0, 0.05) is 31.6 Å². The lowest BCUT2D eigenvalue weighted by atomic mass is 9.69. The standard InChI is InChI=1S/C32H60ClN5O2/c1-5-7-12-24(6-2)32(40-4)19-20-36-22-27(32)38-30(39)28(29(34)35)23(3)37-21-26(33)15-18-31(16-10-11-17-31)25-13-8-9-14-25/h23-28,36-37H,5-22H2,1-4H3,(H3,34,35)(H,38,39). The van der Waals surface area contributed by atoms with E-state index in [-0.39, 0.29) is 29.2 Å². The van der Waals surface area contributed by atoms with Crippen molar-refractivity contribution in [1.82, 2.24) is 16.0 Å². The number of methoxy groups -OCH3 is 1. The number of unbranched alkanes of at least 4 members (excludes halogenated alkanes) is 1. The molecule has 6 unspecified atom stereocenters. The Morgan fingerprint density at radius 2 is 1.85 bits per heavy atom. The minimum Gasteiger partial charge on any atom is -0.387 e. The number of rotatable bonds is 17. The zero-order valence-corrected chi connectivity index (χ0v) is 26.7. The van der Waals surface area contributed by atoms with Gasteiger partial charge in [0.15, 0.2) is 0 Å². The highest BCUT2D eigenvalue weighted by molar-refractivity contribution is 6.20. The van der Waals surface area contributed by atoms with Gasteiger partial charge in [-0.15, -0.1) is 11.6 Å². The summed E-state index contributed by atoms with van der Waals surface area (Å²) in [6.45, 7) is 8.52. The molecule has 40 heavy (non-hydrogen) atoms. The topological polar surface area (TPSA) is 112 Å². The largest absolute Gasteiger partial charge is 0.387 e. The fraction of sp³-hybridized carbons (Fsp3) is 0.938. The van der Waals surface area contributed by atoms with Crippen molar-refractivity contribution in [2.45, 2.75) is 140 Å². The number of nitrogens with one attached hydrogen (secondary N) is 4. The number of hydrogen-bond donors (Lipinski definition) is 5. The molecule has 232 valence electrons. The Bertz CT molecular complexity index is 785. The first-order chi connectivity index (χ1) is 19.2. The highest BCUT2D eigenvalue weighted by Crippen LogP contribution is 2.53. The highest BCUT2D eigenvalue weighted by atomic mass is 35.5. The van der Waals surface area contributed by atoms with Crippen LogP contribution in [0.1, 0.15) is 117 Å². The molecule has 2 saturated carbocycles. The van der Waals surface area contributed by atoms with Crippen LogP contribution in [-0.4, -0.2) is 61.5 Å². The van der Waals surface area contributed by atoms with Crippen LogP contribution in [0, 0.1) is 28.6 Å². The van der Waals surface area contributed by atoms with Crippen LogP contribution in [-0.2, 0) is 9.53 Å². The highest BCUT2D eigenvalue weighted by Gasteiger charge is 2.48. The first kappa shape index (κ1) is 33.6. The van der Waals surface area contributed by atoms with E-state index in [9.17, 15) is 4.79 Å². The molecule has 0 aromatic carbocycles. The van der Waals surface area contributed by atoms with E-state index in [0.29, 0.717) is 24.4 Å². The second-order valence-corrected chi connectivity index (χ2v) is 13.9. The Balaban J connectivity index is 1.58. The number of alkyl halides is 1. The van der Waals surface area contributed by atoms with Gasteiger partial charge in [-0.25, -0.2) is 0 Å². The van der Waals surface area contributed by atoms with E-state index < -0.39 is 11.5 Å². The van der Waals surface area contributed by atoms with Gasteiger partial charge in [0.05, 0.1) is 11.6 Å². The summed E-state index contributed by atoms with van der Waals surface area (Å²) >= 11 is 6.87. The van der Waals surface area contributed by atoms with Crippen molar-refractivity contribution < 1.29 is 9.53 Å². The predicted octanol–water partition coefficient (Wildman–Crippen LogP) is 5.73. The SMILES string of the molecule is CCCCC(CC)C1(OC)CCNCC1NC(=O)C(C(=N)N)C(C)NCC(Cl)CCC1(C2CCCC2)CCCC1. The predicted molar refractivity (Wildman–Crippen MR) is 167 cm³/mol. The van der Waals surface area contributed by atoms with E-state index in [1.165, 1.54) is 57.8 Å². The summed E-state index contributed by atoms with van der Waals surface area (Å²) in [6, 6.07) is -0.460. The number of hydrogen-bond acceptors (Lipinski definition) is 5. The fourth-order valence-electron chi connectivity index (χ4n) is 8.55. The third kappa shape index (κ3) is 8.14. The molecule has 6 N–H and O–H groups in total. The monoisotopic (exact) mass is 581 g/mol. The summed E-state index contributed by atoms with van der Waals surface area (Å²) in [4.78, 5) is 13.7. The van der Waals surface area contributed by atoms with Gasteiger partial charge in [-0.1, -0.05) is 58.8 Å². The molecule has 0 aromatic rings. The van der Waals surface area contributed by atoms with E-state index in [1.54, 1.807) is 7.11 Å². The molecule has 1 saturated heterocycles. The molecule has 2 aliphatic carbocycles. The van der Waals surface area contributed by atoms with Gasteiger partial charge in [0.1, 0.15) is 11.8 Å². The third-order valence-electron chi connectivity index (χ3n) is 11.0. The van der Waals surface area contributed by atoms with Crippen LogP contribution in [0.5, 0.6) is 0 Å². The van der Waals surface area contributed by atoms with E-state index in [1.807, 2.05) is 6.92 Å². The molecule has 3 fully saturated rings. The molecule has 0 radical (unpaired) electrons. The molecule has 0 aromatic heterocycles. The third-order valence-corrected chi connectivity index (χ3v) is 11.3. The molecular weight excluding hydrogens is 522 g/mol. The smallest absolute Gasteiger partial charge is 0.232 e. The minimum atomic E-state index is -0.754. The number of amidine groups is 1. The van der Waals surface area contributed by atoms with Crippen molar-refractivity contribution in [1.29, 1.82) is 5.41 Å². The summed E-state index contributed by atoms with van der Waals surface area (Å²) < 4.78 is 6.26. The number of piperidine rings is 1. The molecule has 6 atom stereocenters. The molecule has 3 aliphatic rings. The first-order valence-corrected chi connectivity index (χ1v) is 16.9. The van der Waals surface area contributed by atoms with Gasteiger partial charge in [-0.2, -0.15) is 0 Å². The average molecular weight is 582 g/mol. The Labute approximate surface area is 249 Å². The van der Waals surface area contributed by atoms with Crippen molar-refractivity contribution in [3.8, 4) is 0 Å². The number of halogens is 1. The molecule has 0 spiro atoms. The molecule has 1 amide bonds. The van der Waals surface area contributed by atoms with E-state index in [0.717, 1.165) is 51.0 Å². The van der Waals surface area contributed by atoms with Crippen molar-refractivity contribution in [2.24, 2.45) is 28.9 Å². The van der Waals surface area contributed by atoms with Gasteiger partial charge >= 0.3 is 0 Å². The number of amides is 1. The van der Waals surface area contributed by atoms with Crippen LogP contribution in [0.15, 0.2) is 0 Å². The Morgan fingerprint density at radius 3 is 2.45 bits per heavy atom. The van der Waals surface area contributed by atoms with Gasteiger partial charge in [0.2, 0.25) is 5.91 Å². The van der Waals surface area contributed by atoms with Gasteiger partial charge < -0.3 is 26.4 Å². The number of carbonyl (C=O) groups is 1. The molecule has 3 rings (SSSR count). The Hall–Kier alpha value is -0.890. The van der Waals surface area contributed by atoms with E-state index >= 15 is 0 Å². The summed E-state index contributed by atoms with van der Waals surface area (Å²) in [5.74, 6) is 0.181. The lowest BCUT2D eigenvalue weighted by Gasteiger charge is -2.49. The van der Waals surface area contributed by atoms with Crippen LogP contribution >= 0.6 is 11.6 Å². The van der Waals surface area contributed by atoms with Crippen LogP contribution in [0.2, 0.25) is 0 Å². The number of nitrogens with two attached hydrogens (primary N) is 1. The van der Waals surface area contributed by atoms with Crippen LogP contribution < -0.4 is 21.7 Å². The van der Waals surface area contributed by atoms with Crippen molar-refractivity contribution in [3.63, 3.8) is 0 Å². The maximum absolute atomic E-state index is 13.7. The van der Waals surface area contributed by atoms with Crippen molar-refractivity contribution >= 4 is 23.3 Å². The van der Waals surface area contributed by atoms with Gasteiger partial charge in [0.25, 0.3) is 0 Å². The van der Waals surface area contributed by atoms with Crippen LogP contribution in [0.25, 0.3) is 0 Å². The average Bonchev–Trinajstić information content (AvgIpc) is 3.65. The number of ether oxygens (including phenoxy) is 1. The fourth-order valence-corrected chi connectivity index (χ4v) is 8.75. The van der Waals surface area contributed by atoms with Crippen LogP contribution in [0.4, 0.5) is 0 Å². The molecule has 0 bridgehead atoms. The summed E-state index contributed by atoms with van der Waals surface area (Å²) in [7, 11) is 1.79.